The van der Waals surface area contributed by atoms with Gasteiger partial charge < -0.3 is 5.73 Å². The van der Waals surface area contributed by atoms with Gasteiger partial charge in [0, 0.05) is 11.6 Å². The highest BCUT2D eigenvalue weighted by atomic mass is 35.5. The molecule has 0 unspecified atom stereocenters. The van der Waals surface area contributed by atoms with E-state index in [-0.39, 0.29) is 16.0 Å². The van der Waals surface area contributed by atoms with Crippen molar-refractivity contribution in [2.45, 2.75) is 31.1 Å². The molecule has 0 spiro atoms. The third-order valence-electron chi connectivity index (χ3n) is 3.61. The third kappa shape index (κ3) is 2.79. The summed E-state index contributed by atoms with van der Waals surface area (Å²) in [5.41, 5.74) is 6.05. The van der Waals surface area contributed by atoms with Gasteiger partial charge in [-0.25, -0.2) is 13.1 Å². The van der Waals surface area contributed by atoms with Crippen LogP contribution in [0.1, 0.15) is 26.2 Å². The van der Waals surface area contributed by atoms with Crippen molar-refractivity contribution in [2.75, 3.05) is 12.3 Å². The van der Waals surface area contributed by atoms with Crippen LogP contribution in [0.5, 0.6) is 0 Å². The van der Waals surface area contributed by atoms with Crippen LogP contribution in [0.3, 0.4) is 0 Å². The van der Waals surface area contributed by atoms with E-state index in [0.717, 1.165) is 19.3 Å². The molecule has 4 nitrogen and oxygen atoms in total. The summed E-state index contributed by atoms with van der Waals surface area (Å²) in [5, 5.41) is 0.362. The molecule has 3 N–H and O–H groups in total. The fourth-order valence-electron chi connectivity index (χ4n) is 1.90. The smallest absolute Gasteiger partial charge is 0.242 e. The Morgan fingerprint density at radius 2 is 2.11 bits per heavy atom. The maximum absolute atomic E-state index is 12.1. The highest BCUT2D eigenvalue weighted by molar-refractivity contribution is 7.89. The van der Waals surface area contributed by atoms with Crippen molar-refractivity contribution in [1.29, 1.82) is 0 Å². The number of sulfonamides is 1. The van der Waals surface area contributed by atoms with E-state index < -0.39 is 10.0 Å². The fourth-order valence-corrected chi connectivity index (χ4v) is 3.45. The van der Waals surface area contributed by atoms with E-state index in [1.165, 1.54) is 12.1 Å². The van der Waals surface area contributed by atoms with Crippen LogP contribution in [0, 0.1) is 5.41 Å². The number of benzene rings is 1. The van der Waals surface area contributed by atoms with E-state index in [9.17, 15) is 8.42 Å². The molecule has 1 aromatic rings. The van der Waals surface area contributed by atoms with Crippen molar-refractivity contribution >= 4 is 27.3 Å². The quantitative estimate of drug-likeness (QED) is 0.817. The Hall–Kier alpha value is -0.780. The highest BCUT2D eigenvalue weighted by Crippen LogP contribution is 2.48. The molecule has 0 aromatic heterocycles. The Kier molecular flexibility index (Phi) is 3.58. The predicted molar refractivity (Wildman–Crippen MR) is 73.0 cm³/mol. The van der Waals surface area contributed by atoms with Crippen molar-refractivity contribution < 1.29 is 8.42 Å². The summed E-state index contributed by atoms with van der Waals surface area (Å²) in [7, 11) is -3.58. The average molecular weight is 289 g/mol. The van der Waals surface area contributed by atoms with E-state index in [0.29, 0.717) is 11.6 Å². The Morgan fingerprint density at radius 1 is 1.44 bits per heavy atom. The first-order valence-electron chi connectivity index (χ1n) is 5.93. The lowest BCUT2D eigenvalue weighted by atomic mass is 10.1. The van der Waals surface area contributed by atoms with Crippen molar-refractivity contribution in [3.05, 3.63) is 23.2 Å². The van der Waals surface area contributed by atoms with Gasteiger partial charge in [0.05, 0.1) is 5.69 Å². The summed E-state index contributed by atoms with van der Waals surface area (Å²) in [6.07, 6.45) is 3.15. The first-order chi connectivity index (χ1) is 8.38. The van der Waals surface area contributed by atoms with Crippen LogP contribution in [0.4, 0.5) is 5.69 Å². The second-order valence-electron chi connectivity index (χ2n) is 4.86. The van der Waals surface area contributed by atoms with Crippen LogP contribution < -0.4 is 10.5 Å². The molecule has 0 saturated heterocycles. The predicted octanol–water partition coefficient (Wildman–Crippen LogP) is 2.39. The summed E-state index contributed by atoms with van der Waals surface area (Å²) in [4.78, 5) is 0.0573. The Balaban J connectivity index is 2.18. The van der Waals surface area contributed by atoms with Gasteiger partial charge >= 0.3 is 0 Å². The second-order valence-corrected chi connectivity index (χ2v) is 7.03. The summed E-state index contributed by atoms with van der Waals surface area (Å²) in [6.45, 7) is 2.55. The maximum atomic E-state index is 12.1. The van der Waals surface area contributed by atoms with Crippen LogP contribution >= 0.6 is 11.6 Å². The van der Waals surface area contributed by atoms with Crippen LogP contribution in [0.25, 0.3) is 0 Å². The third-order valence-corrected chi connectivity index (χ3v) is 5.30. The summed E-state index contributed by atoms with van der Waals surface area (Å²) in [6, 6.07) is 4.46. The number of nitrogen functional groups attached to an aromatic ring is 1. The van der Waals surface area contributed by atoms with Crippen LogP contribution in [-0.4, -0.2) is 15.0 Å². The molecule has 18 heavy (non-hydrogen) atoms. The molecule has 0 heterocycles. The van der Waals surface area contributed by atoms with Gasteiger partial charge in [0.2, 0.25) is 10.0 Å². The Bertz CT molecular complexity index is 553. The van der Waals surface area contributed by atoms with Gasteiger partial charge in [0.15, 0.2) is 0 Å². The Morgan fingerprint density at radius 3 is 2.67 bits per heavy atom. The molecule has 0 atom stereocenters. The second kappa shape index (κ2) is 4.72. The summed E-state index contributed by atoms with van der Waals surface area (Å²) < 4.78 is 26.9. The van der Waals surface area contributed by atoms with E-state index in [1.807, 2.05) is 0 Å². The van der Waals surface area contributed by atoms with Crippen molar-refractivity contribution in [3.63, 3.8) is 0 Å². The largest absolute Gasteiger partial charge is 0.398 e. The zero-order valence-corrected chi connectivity index (χ0v) is 11.8. The fraction of sp³-hybridized carbons (Fsp3) is 0.500. The monoisotopic (exact) mass is 288 g/mol. The number of anilines is 1. The van der Waals surface area contributed by atoms with Gasteiger partial charge in [-0.2, -0.15) is 0 Å². The minimum absolute atomic E-state index is 0.0573. The molecule has 1 aliphatic carbocycles. The molecule has 1 fully saturated rings. The molecule has 1 saturated carbocycles. The van der Waals surface area contributed by atoms with Crippen LogP contribution in [-0.2, 0) is 10.0 Å². The minimum atomic E-state index is -3.58. The van der Waals surface area contributed by atoms with E-state index in [1.54, 1.807) is 6.07 Å². The van der Waals surface area contributed by atoms with Crippen LogP contribution in [0.15, 0.2) is 23.1 Å². The number of hydrogen-bond donors (Lipinski definition) is 2. The molecule has 0 amide bonds. The molecule has 0 aliphatic heterocycles. The topological polar surface area (TPSA) is 72.2 Å². The van der Waals surface area contributed by atoms with Gasteiger partial charge in [0.25, 0.3) is 0 Å². The molecule has 0 radical (unpaired) electrons. The molecular formula is C12H17ClN2O2S. The van der Waals surface area contributed by atoms with Crippen LogP contribution in [0.2, 0.25) is 5.02 Å². The number of nitrogens with one attached hydrogen (secondary N) is 1. The van der Waals surface area contributed by atoms with Gasteiger partial charge in [-0.15, -0.1) is 0 Å². The first kappa shape index (κ1) is 13.6. The lowest BCUT2D eigenvalue weighted by Gasteiger charge is -2.14. The molecule has 1 aliphatic rings. The maximum Gasteiger partial charge on any atom is 0.242 e. The molecule has 0 bridgehead atoms. The van der Waals surface area contributed by atoms with E-state index in [4.69, 9.17) is 17.3 Å². The molecule has 1 aromatic carbocycles. The first-order valence-corrected chi connectivity index (χ1v) is 7.79. The van der Waals surface area contributed by atoms with Crippen molar-refractivity contribution in [1.82, 2.24) is 4.72 Å². The molecule has 2 rings (SSSR count). The summed E-state index contributed by atoms with van der Waals surface area (Å²) in [5.74, 6) is 0. The standard InChI is InChI=1S/C12H17ClN2O2S/c1-2-12(5-6-12)8-15-18(16,17)11-7-9(13)3-4-10(11)14/h3-4,7,15H,2,5-6,8,14H2,1H3. The number of halogens is 1. The van der Waals surface area contributed by atoms with Gasteiger partial charge in [-0.1, -0.05) is 18.5 Å². The average Bonchev–Trinajstić information content (AvgIpc) is 3.11. The minimum Gasteiger partial charge on any atom is -0.398 e. The van der Waals surface area contributed by atoms with Gasteiger partial charge in [0.1, 0.15) is 4.90 Å². The Labute approximate surface area is 113 Å². The number of hydrogen-bond acceptors (Lipinski definition) is 3. The van der Waals surface area contributed by atoms with Gasteiger partial charge in [-0.3, -0.25) is 0 Å². The van der Waals surface area contributed by atoms with E-state index in [2.05, 4.69) is 11.6 Å². The molecule has 100 valence electrons. The lowest BCUT2D eigenvalue weighted by Crippen LogP contribution is -2.30. The number of rotatable bonds is 5. The molecular weight excluding hydrogens is 272 g/mol. The number of nitrogens with two attached hydrogens (primary N) is 1. The van der Waals surface area contributed by atoms with Crippen molar-refractivity contribution in [2.24, 2.45) is 5.41 Å². The molecule has 6 heteroatoms. The highest BCUT2D eigenvalue weighted by Gasteiger charge is 2.41. The SMILES string of the molecule is CCC1(CNS(=O)(=O)c2cc(Cl)ccc2N)CC1. The normalized spacial score (nSPS) is 17.7. The summed E-state index contributed by atoms with van der Waals surface area (Å²) >= 11 is 5.80. The lowest BCUT2D eigenvalue weighted by molar-refractivity contribution is 0.476. The van der Waals surface area contributed by atoms with Crippen molar-refractivity contribution in [3.8, 4) is 0 Å². The zero-order chi connectivity index (χ0) is 13.4. The van der Waals surface area contributed by atoms with Gasteiger partial charge in [-0.05, 0) is 42.9 Å². The zero-order valence-electron chi connectivity index (χ0n) is 10.2. The van der Waals surface area contributed by atoms with E-state index >= 15 is 0 Å².